The zero-order chi connectivity index (χ0) is 9.78. The van der Waals surface area contributed by atoms with Crippen LogP contribution in [0, 0.1) is 0 Å². The molecule has 0 aromatic carbocycles. The van der Waals surface area contributed by atoms with E-state index < -0.39 is 14.1 Å². The second-order valence-corrected chi connectivity index (χ2v) is 8.77. The van der Waals surface area contributed by atoms with Crippen molar-refractivity contribution in [3.8, 4) is 0 Å². The summed E-state index contributed by atoms with van der Waals surface area (Å²) in [5, 5.41) is 0. The highest BCUT2D eigenvalue weighted by Crippen LogP contribution is 2.34. The maximum Gasteiger partial charge on any atom is 0.352 e. The average Bonchev–Trinajstić information content (AvgIpc) is 1.85. The summed E-state index contributed by atoms with van der Waals surface area (Å²) in [5.74, 6) is -1.23. The highest BCUT2D eigenvalue weighted by molar-refractivity contribution is 9.40. The SMILES string of the molecule is CCCC(=O)OC(=O)C(Br)(Br)Br. The molecule has 0 aliphatic heterocycles. The molecule has 0 bridgehead atoms. The number of hydrogen-bond donors (Lipinski definition) is 0. The van der Waals surface area contributed by atoms with Gasteiger partial charge in [0.1, 0.15) is 0 Å². The Hall–Kier alpha value is 0.580. The lowest BCUT2D eigenvalue weighted by molar-refractivity contribution is -0.158. The number of carbonyl (C=O) groups is 2. The Morgan fingerprint density at radius 3 is 2.17 bits per heavy atom. The van der Waals surface area contributed by atoms with Crippen LogP contribution in [0.2, 0.25) is 0 Å². The van der Waals surface area contributed by atoms with Crippen molar-refractivity contribution in [2.45, 2.75) is 21.9 Å². The van der Waals surface area contributed by atoms with Crippen LogP contribution in [0.15, 0.2) is 0 Å². The van der Waals surface area contributed by atoms with E-state index in [1.54, 1.807) is 0 Å². The lowest BCUT2D eigenvalue weighted by Crippen LogP contribution is -2.23. The van der Waals surface area contributed by atoms with Crippen molar-refractivity contribution in [1.82, 2.24) is 0 Å². The van der Waals surface area contributed by atoms with E-state index in [0.29, 0.717) is 6.42 Å². The molecule has 0 saturated heterocycles. The smallest absolute Gasteiger partial charge is 0.352 e. The quantitative estimate of drug-likeness (QED) is 0.429. The molecule has 3 nitrogen and oxygen atoms in total. The van der Waals surface area contributed by atoms with Gasteiger partial charge >= 0.3 is 11.9 Å². The van der Waals surface area contributed by atoms with E-state index in [0.717, 1.165) is 0 Å². The molecule has 0 amide bonds. The third kappa shape index (κ3) is 5.27. The van der Waals surface area contributed by atoms with Gasteiger partial charge in [0.05, 0.1) is 0 Å². The van der Waals surface area contributed by atoms with Crippen LogP contribution in [-0.4, -0.2) is 14.1 Å². The van der Waals surface area contributed by atoms with Gasteiger partial charge in [0.2, 0.25) is 2.14 Å². The van der Waals surface area contributed by atoms with Gasteiger partial charge in [-0.15, -0.1) is 0 Å². The maximum atomic E-state index is 11.0. The molecule has 70 valence electrons. The summed E-state index contributed by atoms with van der Waals surface area (Å²) in [6, 6.07) is 0. The number of carbonyl (C=O) groups excluding carboxylic acids is 2. The van der Waals surface area contributed by atoms with Crippen LogP contribution in [0.3, 0.4) is 0 Å². The minimum Gasteiger partial charge on any atom is -0.391 e. The summed E-state index contributed by atoms with van der Waals surface area (Å²) >= 11 is 8.79. The van der Waals surface area contributed by atoms with Gasteiger partial charge in [-0.2, -0.15) is 0 Å². The van der Waals surface area contributed by atoms with Crippen molar-refractivity contribution in [2.75, 3.05) is 0 Å². The first-order valence-corrected chi connectivity index (χ1v) is 5.57. The van der Waals surface area contributed by atoms with Crippen LogP contribution in [-0.2, 0) is 14.3 Å². The first-order valence-electron chi connectivity index (χ1n) is 3.19. The van der Waals surface area contributed by atoms with Gasteiger partial charge in [-0.3, -0.25) is 4.79 Å². The Balaban J connectivity index is 3.94. The second-order valence-electron chi connectivity index (χ2n) is 2.01. The van der Waals surface area contributed by atoms with Crippen molar-refractivity contribution in [2.24, 2.45) is 0 Å². The van der Waals surface area contributed by atoms with E-state index in [-0.39, 0.29) is 6.42 Å². The Morgan fingerprint density at radius 1 is 1.33 bits per heavy atom. The van der Waals surface area contributed by atoms with Gasteiger partial charge in [0.25, 0.3) is 0 Å². The van der Waals surface area contributed by atoms with Crippen molar-refractivity contribution >= 4 is 59.7 Å². The van der Waals surface area contributed by atoms with E-state index in [2.05, 4.69) is 52.5 Å². The van der Waals surface area contributed by atoms with Crippen LogP contribution in [0.4, 0.5) is 0 Å². The zero-order valence-electron chi connectivity index (χ0n) is 6.27. The number of alkyl halides is 3. The molecule has 0 radical (unpaired) electrons. The Bertz CT molecular complexity index is 185. The fraction of sp³-hybridized carbons (Fsp3) is 0.667. The largest absolute Gasteiger partial charge is 0.391 e. The zero-order valence-corrected chi connectivity index (χ0v) is 11.0. The Morgan fingerprint density at radius 2 is 1.83 bits per heavy atom. The third-order valence-electron chi connectivity index (χ3n) is 0.892. The lowest BCUT2D eigenvalue weighted by Gasteiger charge is -2.09. The topological polar surface area (TPSA) is 43.4 Å². The molecule has 0 aromatic rings. The number of esters is 2. The van der Waals surface area contributed by atoms with Crippen LogP contribution < -0.4 is 0 Å². The molecule has 0 N–H and O–H groups in total. The summed E-state index contributed by atoms with van der Waals surface area (Å²) in [6.45, 7) is 1.83. The standard InChI is InChI=1S/C6H7Br3O3/c1-2-3-4(10)12-5(11)6(7,8)9/h2-3H2,1H3. The number of halogens is 3. The summed E-state index contributed by atoms with van der Waals surface area (Å²) in [5.41, 5.74) is 0. The van der Waals surface area contributed by atoms with Gasteiger partial charge < -0.3 is 4.74 Å². The summed E-state index contributed by atoms with van der Waals surface area (Å²) < 4.78 is 3.28. The highest BCUT2D eigenvalue weighted by Gasteiger charge is 2.32. The molecule has 0 heterocycles. The Labute approximate surface area is 95.6 Å². The molecule has 0 spiro atoms. The molecule has 12 heavy (non-hydrogen) atoms. The second kappa shape index (κ2) is 5.34. The first kappa shape index (κ1) is 12.6. The minimum absolute atomic E-state index is 0.245. The lowest BCUT2D eigenvalue weighted by atomic mass is 10.3. The fourth-order valence-electron chi connectivity index (χ4n) is 0.416. The monoisotopic (exact) mass is 364 g/mol. The van der Waals surface area contributed by atoms with Crippen LogP contribution in [0.5, 0.6) is 0 Å². The number of hydrogen-bond acceptors (Lipinski definition) is 3. The summed E-state index contributed by atoms with van der Waals surface area (Å²) in [4.78, 5) is 21.8. The van der Waals surface area contributed by atoms with Gasteiger partial charge in [-0.25, -0.2) is 4.79 Å². The molecule has 0 aliphatic rings. The third-order valence-corrected chi connectivity index (χ3v) is 1.86. The van der Waals surface area contributed by atoms with E-state index in [9.17, 15) is 9.59 Å². The van der Waals surface area contributed by atoms with Crippen molar-refractivity contribution in [1.29, 1.82) is 0 Å². The van der Waals surface area contributed by atoms with Crippen LogP contribution >= 0.6 is 47.8 Å². The fourth-order valence-corrected chi connectivity index (χ4v) is 0.659. The summed E-state index contributed by atoms with van der Waals surface area (Å²) in [6.07, 6.45) is 0.904. The number of rotatable bonds is 2. The normalized spacial score (nSPS) is 11.0. The molecule has 0 fully saturated rings. The molecule has 0 unspecified atom stereocenters. The van der Waals surface area contributed by atoms with Gasteiger partial charge in [-0.1, -0.05) is 6.92 Å². The van der Waals surface area contributed by atoms with Crippen molar-refractivity contribution in [3.63, 3.8) is 0 Å². The predicted octanol–water partition coefficient (Wildman–Crippen LogP) is 2.69. The molecule has 0 rings (SSSR count). The van der Waals surface area contributed by atoms with Crippen LogP contribution in [0.25, 0.3) is 0 Å². The van der Waals surface area contributed by atoms with Gasteiger partial charge in [0, 0.05) is 6.42 Å². The Kier molecular flexibility index (Phi) is 5.60. The minimum atomic E-state index is -1.16. The van der Waals surface area contributed by atoms with Gasteiger partial charge in [0.15, 0.2) is 0 Å². The highest BCUT2D eigenvalue weighted by atomic mass is 80.0. The van der Waals surface area contributed by atoms with E-state index in [4.69, 9.17) is 0 Å². The van der Waals surface area contributed by atoms with E-state index in [1.807, 2.05) is 6.92 Å². The molecular formula is C6H7Br3O3. The summed E-state index contributed by atoms with van der Waals surface area (Å²) in [7, 11) is 0. The van der Waals surface area contributed by atoms with E-state index >= 15 is 0 Å². The molecule has 0 aromatic heterocycles. The van der Waals surface area contributed by atoms with E-state index in [1.165, 1.54) is 0 Å². The molecule has 0 aliphatic carbocycles. The molecule has 0 saturated carbocycles. The van der Waals surface area contributed by atoms with Gasteiger partial charge in [-0.05, 0) is 54.2 Å². The maximum absolute atomic E-state index is 11.0. The average molecular weight is 367 g/mol. The van der Waals surface area contributed by atoms with Crippen LogP contribution in [0.1, 0.15) is 19.8 Å². The number of ether oxygens (including phenoxy) is 1. The molecule has 0 atom stereocenters. The first-order chi connectivity index (χ1) is 5.38. The molecule has 6 heteroatoms. The predicted molar refractivity (Wildman–Crippen MR) is 55.5 cm³/mol. The van der Waals surface area contributed by atoms with Crippen molar-refractivity contribution in [3.05, 3.63) is 0 Å². The van der Waals surface area contributed by atoms with Crippen molar-refractivity contribution < 1.29 is 14.3 Å². The molecular weight excluding hydrogens is 360 g/mol.